The van der Waals surface area contributed by atoms with E-state index in [-0.39, 0.29) is 17.9 Å². The van der Waals surface area contributed by atoms with Crippen molar-refractivity contribution in [1.29, 1.82) is 0 Å². The summed E-state index contributed by atoms with van der Waals surface area (Å²) in [5.41, 5.74) is 0. The minimum atomic E-state index is -0.427. The van der Waals surface area contributed by atoms with Crippen LogP contribution in [0.2, 0.25) is 0 Å². The number of nitrogens with one attached hydrogen (secondary N) is 2. The Morgan fingerprint density at radius 1 is 1.29 bits per heavy atom. The second kappa shape index (κ2) is 6.74. The molecule has 2 N–H and O–H groups in total. The van der Waals surface area contributed by atoms with Gasteiger partial charge in [-0.25, -0.2) is 0 Å². The zero-order valence-corrected chi connectivity index (χ0v) is 11.1. The largest absolute Gasteiger partial charge is 0.349 e. The minimum Gasteiger partial charge on any atom is -0.349 e. The topological polar surface area (TPSA) is 58.2 Å². The summed E-state index contributed by atoms with van der Waals surface area (Å²) in [6, 6.07) is -0.120. The van der Waals surface area contributed by atoms with Crippen molar-refractivity contribution in [2.24, 2.45) is 5.92 Å². The lowest BCUT2D eigenvalue weighted by molar-refractivity contribution is -0.139. The van der Waals surface area contributed by atoms with Crippen LogP contribution in [0.15, 0.2) is 0 Å². The van der Waals surface area contributed by atoms with Crippen LogP contribution in [0.5, 0.6) is 0 Å². The SMILES string of the molecule is CCC[C@H](NC(C)C)C(=O)C(=O)NCC1CC1. The fourth-order valence-electron chi connectivity index (χ4n) is 1.79. The van der Waals surface area contributed by atoms with Gasteiger partial charge in [-0.1, -0.05) is 27.2 Å². The fraction of sp³-hybridized carbons (Fsp3) is 0.846. The number of rotatable bonds is 8. The number of Topliss-reactive ketones (excluding diaryl/α,β-unsaturated/α-hetero) is 1. The maximum absolute atomic E-state index is 11.9. The monoisotopic (exact) mass is 240 g/mol. The molecule has 1 amide bonds. The first-order valence-corrected chi connectivity index (χ1v) is 6.62. The van der Waals surface area contributed by atoms with Crippen molar-refractivity contribution in [2.75, 3.05) is 6.54 Å². The molecular formula is C13H24N2O2. The summed E-state index contributed by atoms with van der Waals surface area (Å²) in [4.78, 5) is 23.6. The molecule has 0 aromatic rings. The van der Waals surface area contributed by atoms with Crippen LogP contribution < -0.4 is 10.6 Å². The van der Waals surface area contributed by atoms with E-state index in [1.165, 1.54) is 12.8 Å². The first-order chi connectivity index (χ1) is 8.04. The van der Waals surface area contributed by atoms with Crippen molar-refractivity contribution >= 4 is 11.7 Å². The molecule has 0 bridgehead atoms. The normalized spacial score (nSPS) is 16.9. The molecule has 98 valence electrons. The highest BCUT2D eigenvalue weighted by atomic mass is 16.2. The van der Waals surface area contributed by atoms with Crippen molar-refractivity contribution in [3.63, 3.8) is 0 Å². The van der Waals surface area contributed by atoms with Gasteiger partial charge < -0.3 is 10.6 Å². The Balaban J connectivity index is 2.40. The van der Waals surface area contributed by atoms with E-state index in [1.807, 2.05) is 20.8 Å². The van der Waals surface area contributed by atoms with Gasteiger partial charge >= 0.3 is 0 Å². The molecular weight excluding hydrogens is 216 g/mol. The third kappa shape index (κ3) is 5.31. The molecule has 0 saturated heterocycles. The number of carbonyl (C=O) groups excluding carboxylic acids is 2. The molecule has 0 unspecified atom stereocenters. The van der Waals surface area contributed by atoms with Crippen LogP contribution >= 0.6 is 0 Å². The zero-order valence-electron chi connectivity index (χ0n) is 11.1. The van der Waals surface area contributed by atoms with E-state index in [0.717, 1.165) is 6.42 Å². The molecule has 1 atom stereocenters. The molecule has 1 rings (SSSR count). The number of hydrogen-bond acceptors (Lipinski definition) is 3. The molecule has 0 aromatic carbocycles. The van der Waals surface area contributed by atoms with E-state index < -0.39 is 5.91 Å². The zero-order chi connectivity index (χ0) is 12.8. The van der Waals surface area contributed by atoms with Crippen LogP contribution in [-0.4, -0.2) is 30.3 Å². The van der Waals surface area contributed by atoms with Gasteiger partial charge in [-0.05, 0) is 25.2 Å². The summed E-state index contributed by atoms with van der Waals surface area (Å²) < 4.78 is 0. The Labute approximate surface area is 104 Å². The standard InChI is InChI=1S/C13H24N2O2/c1-4-5-11(15-9(2)3)12(16)13(17)14-8-10-6-7-10/h9-11,15H,4-8H2,1-3H3,(H,14,17)/t11-/m0/s1. The van der Waals surface area contributed by atoms with Gasteiger partial charge in [0.15, 0.2) is 0 Å². The molecule has 1 saturated carbocycles. The van der Waals surface area contributed by atoms with Crippen LogP contribution in [0.4, 0.5) is 0 Å². The maximum Gasteiger partial charge on any atom is 0.289 e. The molecule has 1 aliphatic rings. The van der Waals surface area contributed by atoms with E-state index in [9.17, 15) is 9.59 Å². The van der Waals surface area contributed by atoms with Crippen LogP contribution in [0, 0.1) is 5.92 Å². The smallest absolute Gasteiger partial charge is 0.289 e. The highest BCUT2D eigenvalue weighted by molar-refractivity contribution is 6.38. The van der Waals surface area contributed by atoms with Gasteiger partial charge in [0.1, 0.15) is 0 Å². The number of hydrogen-bond donors (Lipinski definition) is 2. The molecule has 4 nitrogen and oxygen atoms in total. The molecule has 0 heterocycles. The van der Waals surface area contributed by atoms with Gasteiger partial charge in [-0.15, -0.1) is 0 Å². The summed E-state index contributed by atoms with van der Waals surface area (Å²) in [7, 11) is 0. The molecule has 1 aliphatic carbocycles. The van der Waals surface area contributed by atoms with Gasteiger partial charge in [-0.3, -0.25) is 9.59 Å². The van der Waals surface area contributed by atoms with E-state index in [4.69, 9.17) is 0 Å². The number of ketones is 1. The maximum atomic E-state index is 11.9. The Bertz CT molecular complexity index is 273. The van der Waals surface area contributed by atoms with Gasteiger partial charge in [-0.2, -0.15) is 0 Å². The van der Waals surface area contributed by atoms with Gasteiger partial charge in [0.05, 0.1) is 6.04 Å². The minimum absolute atomic E-state index is 0.215. The summed E-state index contributed by atoms with van der Waals surface area (Å²) >= 11 is 0. The lowest BCUT2D eigenvalue weighted by atomic mass is 10.1. The van der Waals surface area contributed by atoms with Crippen molar-refractivity contribution in [3.8, 4) is 0 Å². The Kier molecular flexibility index (Phi) is 5.62. The van der Waals surface area contributed by atoms with Crippen LogP contribution in [0.3, 0.4) is 0 Å². The van der Waals surface area contributed by atoms with Gasteiger partial charge in [0.25, 0.3) is 5.91 Å². The van der Waals surface area contributed by atoms with Crippen LogP contribution in [0.1, 0.15) is 46.5 Å². The summed E-state index contributed by atoms with van der Waals surface area (Å²) in [6.45, 7) is 6.64. The average molecular weight is 240 g/mol. The molecule has 0 aromatic heterocycles. The van der Waals surface area contributed by atoms with E-state index in [2.05, 4.69) is 10.6 Å². The molecule has 17 heavy (non-hydrogen) atoms. The van der Waals surface area contributed by atoms with Gasteiger partial charge in [0, 0.05) is 12.6 Å². The third-order valence-electron chi connectivity index (χ3n) is 2.90. The number of amides is 1. The third-order valence-corrected chi connectivity index (χ3v) is 2.90. The van der Waals surface area contributed by atoms with Gasteiger partial charge in [0.2, 0.25) is 5.78 Å². The van der Waals surface area contributed by atoms with Crippen molar-refractivity contribution in [3.05, 3.63) is 0 Å². The summed E-state index contributed by atoms with van der Waals surface area (Å²) in [5.74, 6) is -0.140. The Hall–Kier alpha value is -0.900. The molecule has 0 spiro atoms. The molecule has 1 fully saturated rings. The predicted octanol–water partition coefficient (Wildman–Crippen LogP) is 1.25. The molecule has 4 heteroatoms. The second-order valence-corrected chi connectivity index (χ2v) is 5.18. The van der Waals surface area contributed by atoms with E-state index in [1.54, 1.807) is 0 Å². The first-order valence-electron chi connectivity index (χ1n) is 6.62. The molecule has 0 radical (unpaired) electrons. The quantitative estimate of drug-likeness (QED) is 0.628. The van der Waals surface area contributed by atoms with Crippen molar-refractivity contribution in [2.45, 2.75) is 58.5 Å². The highest BCUT2D eigenvalue weighted by Gasteiger charge is 2.27. The first kappa shape index (κ1) is 14.2. The predicted molar refractivity (Wildman–Crippen MR) is 67.7 cm³/mol. The number of carbonyl (C=O) groups is 2. The van der Waals surface area contributed by atoms with Crippen molar-refractivity contribution in [1.82, 2.24) is 10.6 Å². The summed E-state index contributed by atoms with van der Waals surface area (Å²) in [6.07, 6.45) is 3.97. The van der Waals surface area contributed by atoms with E-state index in [0.29, 0.717) is 18.9 Å². The fourth-order valence-corrected chi connectivity index (χ4v) is 1.79. The van der Waals surface area contributed by atoms with Crippen molar-refractivity contribution < 1.29 is 9.59 Å². The second-order valence-electron chi connectivity index (χ2n) is 5.18. The molecule has 0 aliphatic heterocycles. The summed E-state index contributed by atoms with van der Waals surface area (Å²) in [5, 5.41) is 5.88. The lowest BCUT2D eigenvalue weighted by Crippen LogP contribution is -2.47. The van der Waals surface area contributed by atoms with Crippen LogP contribution in [0.25, 0.3) is 0 Å². The highest BCUT2D eigenvalue weighted by Crippen LogP contribution is 2.27. The van der Waals surface area contributed by atoms with Crippen LogP contribution in [-0.2, 0) is 9.59 Å². The Morgan fingerprint density at radius 2 is 1.94 bits per heavy atom. The average Bonchev–Trinajstić information content (AvgIpc) is 3.07. The van der Waals surface area contributed by atoms with E-state index >= 15 is 0 Å². The lowest BCUT2D eigenvalue weighted by Gasteiger charge is -2.19. The Morgan fingerprint density at radius 3 is 2.41 bits per heavy atom.